The van der Waals surface area contributed by atoms with Crippen LogP contribution in [0.5, 0.6) is 5.75 Å². The molecule has 2 heterocycles. The Bertz CT molecular complexity index is 1030. The smallest absolute Gasteiger partial charge is 0.265 e. The molecule has 146 valence electrons. The van der Waals surface area contributed by atoms with E-state index in [-0.39, 0.29) is 5.91 Å². The Balaban J connectivity index is 1.73. The summed E-state index contributed by atoms with van der Waals surface area (Å²) in [6.07, 6.45) is 1.01. The number of carbonyl (C=O) groups excluding carboxylic acids is 1. The standard InChI is InChI=1S/C22H25N3O2S/c1-14-20(22(26)25-12-11-16(13-25)24(2)3)28-21(23-14)19-17-8-6-5-7-15(17)9-10-18(19)27-4/h5-10,16H,11-13H2,1-4H3. The Morgan fingerprint density at radius 1 is 1.25 bits per heavy atom. The number of ether oxygens (including phenoxy) is 1. The molecule has 1 atom stereocenters. The minimum Gasteiger partial charge on any atom is -0.496 e. The lowest BCUT2D eigenvalue weighted by atomic mass is 10.0. The van der Waals surface area contributed by atoms with Crippen molar-refractivity contribution in [3.05, 3.63) is 47.0 Å². The summed E-state index contributed by atoms with van der Waals surface area (Å²) in [4.78, 5) is 22.8. The predicted molar refractivity (Wildman–Crippen MR) is 114 cm³/mol. The van der Waals surface area contributed by atoms with Crippen molar-refractivity contribution in [3.63, 3.8) is 0 Å². The van der Waals surface area contributed by atoms with Crippen LogP contribution in [-0.4, -0.2) is 61.0 Å². The topological polar surface area (TPSA) is 45.7 Å². The lowest BCUT2D eigenvalue weighted by molar-refractivity contribution is 0.0787. The van der Waals surface area contributed by atoms with Gasteiger partial charge in [0.25, 0.3) is 5.91 Å². The zero-order chi connectivity index (χ0) is 19.8. The Kier molecular flexibility index (Phi) is 5.08. The van der Waals surface area contributed by atoms with Gasteiger partial charge in [0, 0.05) is 19.1 Å². The Morgan fingerprint density at radius 3 is 2.75 bits per heavy atom. The van der Waals surface area contributed by atoms with E-state index in [9.17, 15) is 4.79 Å². The van der Waals surface area contributed by atoms with Gasteiger partial charge in [-0.1, -0.05) is 30.3 Å². The fourth-order valence-electron chi connectivity index (χ4n) is 3.84. The normalized spacial score (nSPS) is 16.9. The molecule has 6 heteroatoms. The predicted octanol–water partition coefficient (Wildman–Crippen LogP) is 4.06. The molecular weight excluding hydrogens is 370 g/mol. The average Bonchev–Trinajstić information content (AvgIpc) is 3.33. The van der Waals surface area contributed by atoms with Crippen LogP contribution in [0.3, 0.4) is 0 Å². The number of thiazole rings is 1. The molecule has 1 aliphatic heterocycles. The van der Waals surface area contributed by atoms with Crippen LogP contribution >= 0.6 is 11.3 Å². The molecule has 0 saturated carbocycles. The summed E-state index contributed by atoms with van der Waals surface area (Å²) >= 11 is 1.47. The highest BCUT2D eigenvalue weighted by Gasteiger charge is 2.30. The molecule has 0 aliphatic carbocycles. The highest BCUT2D eigenvalue weighted by Crippen LogP contribution is 2.40. The lowest BCUT2D eigenvalue weighted by Gasteiger charge is -2.20. The van der Waals surface area contributed by atoms with Crippen molar-refractivity contribution >= 4 is 28.0 Å². The minimum atomic E-state index is 0.0878. The van der Waals surface area contributed by atoms with Gasteiger partial charge in [0.1, 0.15) is 15.6 Å². The highest BCUT2D eigenvalue weighted by atomic mass is 32.1. The van der Waals surface area contributed by atoms with Crippen LogP contribution in [0.15, 0.2) is 36.4 Å². The molecule has 5 nitrogen and oxygen atoms in total. The summed E-state index contributed by atoms with van der Waals surface area (Å²) in [6.45, 7) is 3.49. The molecule has 0 N–H and O–H groups in total. The number of aromatic nitrogens is 1. The van der Waals surface area contributed by atoms with Crippen molar-refractivity contribution in [1.82, 2.24) is 14.8 Å². The molecule has 4 rings (SSSR count). The molecule has 1 saturated heterocycles. The number of nitrogens with zero attached hydrogens (tertiary/aromatic N) is 3. The second-order valence-electron chi connectivity index (χ2n) is 7.45. The fourth-order valence-corrected chi connectivity index (χ4v) is 4.93. The van der Waals surface area contributed by atoms with E-state index in [1.54, 1.807) is 7.11 Å². The van der Waals surface area contributed by atoms with Gasteiger partial charge >= 0.3 is 0 Å². The van der Waals surface area contributed by atoms with Crippen molar-refractivity contribution in [1.29, 1.82) is 0 Å². The maximum Gasteiger partial charge on any atom is 0.265 e. The first kappa shape index (κ1) is 18.9. The molecule has 2 aromatic carbocycles. The fraction of sp³-hybridized carbons (Fsp3) is 0.364. The number of likely N-dealkylation sites (tertiary alicyclic amines) is 1. The number of hydrogen-bond acceptors (Lipinski definition) is 5. The first-order chi connectivity index (χ1) is 13.5. The number of amides is 1. The van der Waals surface area contributed by atoms with E-state index in [4.69, 9.17) is 9.72 Å². The van der Waals surface area contributed by atoms with Gasteiger partial charge < -0.3 is 14.5 Å². The maximum absolute atomic E-state index is 13.1. The number of benzene rings is 2. The summed E-state index contributed by atoms with van der Waals surface area (Å²) in [6, 6.07) is 12.6. The summed E-state index contributed by atoms with van der Waals surface area (Å²) < 4.78 is 5.62. The monoisotopic (exact) mass is 395 g/mol. The van der Waals surface area contributed by atoms with E-state index < -0.39 is 0 Å². The molecule has 0 bridgehead atoms. The van der Waals surface area contributed by atoms with Crippen LogP contribution in [-0.2, 0) is 0 Å². The van der Waals surface area contributed by atoms with Gasteiger partial charge in [0.05, 0.1) is 18.4 Å². The molecular formula is C22H25N3O2S. The van der Waals surface area contributed by atoms with E-state index in [2.05, 4.69) is 37.2 Å². The third-order valence-electron chi connectivity index (χ3n) is 5.50. The van der Waals surface area contributed by atoms with Crippen LogP contribution in [0.2, 0.25) is 0 Å². The largest absolute Gasteiger partial charge is 0.496 e. The first-order valence-electron chi connectivity index (χ1n) is 9.49. The number of likely N-dealkylation sites (N-methyl/N-ethyl adjacent to an activating group) is 1. The van der Waals surface area contributed by atoms with Crippen molar-refractivity contribution in [2.75, 3.05) is 34.3 Å². The van der Waals surface area contributed by atoms with Crippen molar-refractivity contribution in [2.45, 2.75) is 19.4 Å². The van der Waals surface area contributed by atoms with E-state index >= 15 is 0 Å². The molecule has 3 aromatic rings. The molecule has 1 fully saturated rings. The summed E-state index contributed by atoms with van der Waals surface area (Å²) in [5.74, 6) is 0.866. The molecule has 1 unspecified atom stereocenters. The van der Waals surface area contributed by atoms with E-state index in [0.29, 0.717) is 6.04 Å². The third-order valence-corrected chi connectivity index (χ3v) is 6.66. The minimum absolute atomic E-state index is 0.0878. The van der Waals surface area contributed by atoms with Gasteiger partial charge in [0.15, 0.2) is 0 Å². The van der Waals surface area contributed by atoms with Gasteiger partial charge in [-0.25, -0.2) is 4.98 Å². The summed E-state index contributed by atoms with van der Waals surface area (Å²) in [7, 11) is 5.81. The number of aryl methyl sites for hydroxylation is 1. The van der Waals surface area contributed by atoms with E-state index in [0.717, 1.165) is 57.2 Å². The van der Waals surface area contributed by atoms with Gasteiger partial charge in [-0.2, -0.15) is 0 Å². The summed E-state index contributed by atoms with van der Waals surface area (Å²) in [5.41, 5.74) is 1.74. The van der Waals surface area contributed by atoms with Crippen LogP contribution in [0.4, 0.5) is 0 Å². The number of hydrogen-bond donors (Lipinski definition) is 0. The Hall–Kier alpha value is -2.44. The second kappa shape index (κ2) is 7.53. The number of methoxy groups -OCH3 is 1. The average molecular weight is 396 g/mol. The van der Waals surface area contributed by atoms with Crippen molar-refractivity contribution < 1.29 is 9.53 Å². The Labute approximate surface area is 169 Å². The summed E-state index contributed by atoms with van der Waals surface area (Å²) in [5, 5.41) is 3.05. The number of carbonyl (C=O) groups is 1. The van der Waals surface area contributed by atoms with Crippen LogP contribution in [0.1, 0.15) is 21.8 Å². The van der Waals surface area contributed by atoms with Crippen molar-refractivity contribution in [3.8, 4) is 16.3 Å². The van der Waals surface area contributed by atoms with Crippen LogP contribution in [0.25, 0.3) is 21.3 Å². The number of rotatable bonds is 4. The molecule has 28 heavy (non-hydrogen) atoms. The van der Waals surface area contributed by atoms with Crippen molar-refractivity contribution in [2.24, 2.45) is 0 Å². The second-order valence-corrected chi connectivity index (χ2v) is 8.45. The van der Waals surface area contributed by atoms with Gasteiger partial charge in [-0.15, -0.1) is 11.3 Å². The zero-order valence-electron chi connectivity index (χ0n) is 16.7. The van der Waals surface area contributed by atoms with Gasteiger partial charge in [0.2, 0.25) is 0 Å². The van der Waals surface area contributed by atoms with Crippen LogP contribution in [0, 0.1) is 6.92 Å². The molecule has 1 aliphatic rings. The van der Waals surface area contributed by atoms with E-state index in [1.807, 2.05) is 30.0 Å². The van der Waals surface area contributed by atoms with Gasteiger partial charge in [-0.05, 0) is 44.3 Å². The zero-order valence-corrected chi connectivity index (χ0v) is 17.5. The quantitative estimate of drug-likeness (QED) is 0.668. The SMILES string of the molecule is COc1ccc2ccccc2c1-c1nc(C)c(C(=O)N2CCC(N(C)C)C2)s1. The molecule has 0 spiro atoms. The molecule has 1 amide bonds. The first-order valence-corrected chi connectivity index (χ1v) is 10.3. The number of fused-ring (bicyclic) bond motifs is 1. The van der Waals surface area contributed by atoms with E-state index in [1.165, 1.54) is 11.3 Å². The Morgan fingerprint density at radius 2 is 2.04 bits per heavy atom. The van der Waals surface area contributed by atoms with Crippen LogP contribution < -0.4 is 4.74 Å². The van der Waals surface area contributed by atoms with Gasteiger partial charge in [-0.3, -0.25) is 4.79 Å². The lowest BCUT2D eigenvalue weighted by Crippen LogP contribution is -2.34. The third kappa shape index (κ3) is 3.27. The molecule has 1 aromatic heterocycles. The maximum atomic E-state index is 13.1. The highest BCUT2D eigenvalue weighted by molar-refractivity contribution is 7.17. The molecule has 0 radical (unpaired) electrons.